The van der Waals surface area contributed by atoms with Gasteiger partial charge in [0.1, 0.15) is 0 Å². The van der Waals surface area contributed by atoms with Crippen LogP contribution in [0.1, 0.15) is 20.8 Å². The molecular formula is C11H22N4O2. The Kier molecular flexibility index (Phi) is 5.37. The summed E-state index contributed by atoms with van der Waals surface area (Å²) in [6.45, 7) is 8.63. The summed E-state index contributed by atoms with van der Waals surface area (Å²) in [6, 6.07) is -0.0728. The molecule has 1 atom stereocenters. The molecule has 1 saturated heterocycles. The van der Waals surface area contributed by atoms with Gasteiger partial charge in [0.15, 0.2) is 0 Å². The molecule has 6 nitrogen and oxygen atoms in total. The fourth-order valence-electron chi connectivity index (χ4n) is 1.77. The number of nitrogens with zero attached hydrogens (tertiary/aromatic N) is 1. The highest BCUT2D eigenvalue weighted by atomic mass is 16.2. The summed E-state index contributed by atoms with van der Waals surface area (Å²) in [6.07, 6.45) is 0. The van der Waals surface area contributed by atoms with Crippen LogP contribution in [0.4, 0.5) is 4.79 Å². The maximum atomic E-state index is 11.6. The number of urea groups is 1. The summed E-state index contributed by atoms with van der Waals surface area (Å²) in [5.74, 6) is -0.253. The SMILES string of the molecule is CC(C)NC(=O)NC(=O)CN1CCNC[C@H]1C. The topological polar surface area (TPSA) is 73.5 Å². The maximum absolute atomic E-state index is 11.6. The molecule has 3 amide bonds. The molecule has 0 aromatic heterocycles. The highest BCUT2D eigenvalue weighted by molar-refractivity contribution is 5.95. The van der Waals surface area contributed by atoms with Crippen molar-refractivity contribution >= 4 is 11.9 Å². The van der Waals surface area contributed by atoms with Crippen LogP contribution in [-0.2, 0) is 4.79 Å². The fraction of sp³-hybridized carbons (Fsp3) is 0.818. The minimum atomic E-state index is -0.423. The molecular weight excluding hydrogens is 220 g/mol. The lowest BCUT2D eigenvalue weighted by Crippen LogP contribution is -2.54. The van der Waals surface area contributed by atoms with Crippen LogP contribution in [0.15, 0.2) is 0 Å². The standard InChI is InChI=1S/C11H22N4O2/c1-8(2)13-11(17)14-10(16)7-15-5-4-12-6-9(15)3/h8-9,12H,4-7H2,1-3H3,(H2,13,14,16,17)/t9-/m1/s1. The molecule has 0 spiro atoms. The molecule has 0 bridgehead atoms. The van der Waals surface area contributed by atoms with Crippen molar-refractivity contribution in [2.45, 2.75) is 32.9 Å². The van der Waals surface area contributed by atoms with Gasteiger partial charge in [-0.25, -0.2) is 4.79 Å². The van der Waals surface area contributed by atoms with Crippen LogP contribution in [0.2, 0.25) is 0 Å². The highest BCUT2D eigenvalue weighted by Crippen LogP contribution is 2.00. The second kappa shape index (κ2) is 6.56. The zero-order valence-electron chi connectivity index (χ0n) is 10.7. The van der Waals surface area contributed by atoms with Gasteiger partial charge in [-0.05, 0) is 20.8 Å². The molecule has 0 aliphatic carbocycles. The smallest absolute Gasteiger partial charge is 0.321 e. The lowest BCUT2D eigenvalue weighted by atomic mass is 10.2. The van der Waals surface area contributed by atoms with Gasteiger partial charge in [-0.3, -0.25) is 15.0 Å². The summed E-state index contributed by atoms with van der Waals surface area (Å²) in [4.78, 5) is 25.0. The Morgan fingerprint density at radius 1 is 1.47 bits per heavy atom. The van der Waals surface area contributed by atoms with Gasteiger partial charge in [-0.1, -0.05) is 0 Å². The van der Waals surface area contributed by atoms with Gasteiger partial charge in [-0.15, -0.1) is 0 Å². The van der Waals surface area contributed by atoms with Crippen LogP contribution in [0.3, 0.4) is 0 Å². The van der Waals surface area contributed by atoms with Crippen LogP contribution < -0.4 is 16.0 Å². The van der Waals surface area contributed by atoms with Crippen LogP contribution >= 0.6 is 0 Å². The minimum Gasteiger partial charge on any atom is -0.336 e. The van der Waals surface area contributed by atoms with Crippen LogP contribution in [0.25, 0.3) is 0 Å². The van der Waals surface area contributed by atoms with Crippen molar-refractivity contribution in [2.75, 3.05) is 26.2 Å². The molecule has 6 heteroatoms. The lowest BCUT2D eigenvalue weighted by molar-refractivity contribution is -0.121. The third kappa shape index (κ3) is 5.14. The van der Waals surface area contributed by atoms with Gasteiger partial charge in [0, 0.05) is 31.7 Å². The van der Waals surface area contributed by atoms with Crippen molar-refractivity contribution in [3.05, 3.63) is 0 Å². The van der Waals surface area contributed by atoms with Gasteiger partial charge in [0.2, 0.25) is 5.91 Å². The molecule has 1 rings (SSSR count). The predicted molar refractivity (Wildman–Crippen MR) is 65.7 cm³/mol. The molecule has 17 heavy (non-hydrogen) atoms. The number of nitrogens with one attached hydrogen (secondary N) is 3. The molecule has 0 radical (unpaired) electrons. The normalized spacial score (nSPS) is 21.3. The first-order valence-electron chi connectivity index (χ1n) is 6.04. The Hall–Kier alpha value is -1.14. The van der Waals surface area contributed by atoms with Crippen LogP contribution in [0, 0.1) is 0 Å². The molecule has 3 N–H and O–H groups in total. The average Bonchev–Trinajstić information content (AvgIpc) is 2.19. The number of carbonyl (C=O) groups excluding carboxylic acids is 2. The zero-order valence-corrected chi connectivity index (χ0v) is 10.7. The fourth-order valence-corrected chi connectivity index (χ4v) is 1.77. The summed E-state index contributed by atoms with van der Waals surface area (Å²) < 4.78 is 0. The Labute approximate surface area is 102 Å². The number of carbonyl (C=O) groups is 2. The van der Waals surface area contributed by atoms with Crippen molar-refractivity contribution in [3.63, 3.8) is 0 Å². The van der Waals surface area contributed by atoms with E-state index in [0.717, 1.165) is 19.6 Å². The van der Waals surface area contributed by atoms with Crippen molar-refractivity contribution in [3.8, 4) is 0 Å². The van der Waals surface area contributed by atoms with Gasteiger partial charge in [-0.2, -0.15) is 0 Å². The van der Waals surface area contributed by atoms with E-state index in [4.69, 9.17) is 0 Å². The first kappa shape index (κ1) is 13.9. The Bertz CT molecular complexity index is 281. The molecule has 1 heterocycles. The van der Waals surface area contributed by atoms with Crippen molar-refractivity contribution in [1.29, 1.82) is 0 Å². The van der Waals surface area contributed by atoms with E-state index in [1.165, 1.54) is 0 Å². The van der Waals surface area contributed by atoms with Gasteiger partial charge >= 0.3 is 6.03 Å². The van der Waals surface area contributed by atoms with Crippen LogP contribution in [0.5, 0.6) is 0 Å². The van der Waals surface area contributed by atoms with E-state index < -0.39 is 6.03 Å². The van der Waals surface area contributed by atoms with Gasteiger partial charge < -0.3 is 10.6 Å². The average molecular weight is 242 g/mol. The van der Waals surface area contributed by atoms with Gasteiger partial charge in [0.05, 0.1) is 6.54 Å². The second-order valence-corrected chi connectivity index (χ2v) is 4.70. The van der Waals surface area contributed by atoms with E-state index in [1.54, 1.807) is 0 Å². The largest absolute Gasteiger partial charge is 0.336 e. The van der Waals surface area contributed by atoms with Crippen molar-refractivity contribution < 1.29 is 9.59 Å². The number of piperazine rings is 1. The first-order chi connectivity index (χ1) is 7.99. The molecule has 1 aliphatic rings. The van der Waals surface area contributed by atoms with E-state index in [1.807, 2.05) is 13.8 Å². The summed E-state index contributed by atoms with van der Waals surface area (Å²) in [7, 11) is 0. The highest BCUT2D eigenvalue weighted by Gasteiger charge is 2.20. The Morgan fingerprint density at radius 3 is 2.76 bits per heavy atom. The molecule has 0 aromatic rings. The van der Waals surface area contributed by atoms with E-state index in [9.17, 15) is 9.59 Å². The maximum Gasteiger partial charge on any atom is 0.321 e. The van der Waals surface area contributed by atoms with Crippen LogP contribution in [-0.4, -0.2) is 55.1 Å². The third-order valence-electron chi connectivity index (χ3n) is 2.66. The number of hydrogen-bond donors (Lipinski definition) is 3. The zero-order chi connectivity index (χ0) is 12.8. The van der Waals surface area contributed by atoms with Crippen molar-refractivity contribution in [1.82, 2.24) is 20.9 Å². The van der Waals surface area contributed by atoms with E-state index in [-0.39, 0.29) is 18.5 Å². The number of rotatable bonds is 3. The molecule has 1 aliphatic heterocycles. The first-order valence-corrected chi connectivity index (χ1v) is 6.04. The number of hydrogen-bond acceptors (Lipinski definition) is 4. The minimum absolute atomic E-state index is 0.0286. The van der Waals surface area contributed by atoms with E-state index >= 15 is 0 Å². The molecule has 0 saturated carbocycles. The lowest BCUT2D eigenvalue weighted by Gasteiger charge is -2.33. The Balaban J connectivity index is 2.30. The second-order valence-electron chi connectivity index (χ2n) is 4.70. The van der Waals surface area contributed by atoms with E-state index in [0.29, 0.717) is 6.04 Å². The molecule has 98 valence electrons. The molecule has 1 fully saturated rings. The number of amides is 3. The number of imide groups is 1. The summed E-state index contributed by atoms with van der Waals surface area (Å²) >= 11 is 0. The summed E-state index contributed by atoms with van der Waals surface area (Å²) in [5.41, 5.74) is 0. The third-order valence-corrected chi connectivity index (χ3v) is 2.66. The molecule has 0 unspecified atom stereocenters. The van der Waals surface area contributed by atoms with Crippen molar-refractivity contribution in [2.24, 2.45) is 0 Å². The summed E-state index contributed by atoms with van der Waals surface area (Å²) in [5, 5.41) is 8.20. The monoisotopic (exact) mass is 242 g/mol. The van der Waals surface area contributed by atoms with E-state index in [2.05, 4.69) is 27.8 Å². The molecule has 0 aromatic carbocycles. The Morgan fingerprint density at radius 2 is 2.18 bits per heavy atom. The quantitative estimate of drug-likeness (QED) is 0.624. The van der Waals surface area contributed by atoms with Gasteiger partial charge in [0.25, 0.3) is 0 Å². The predicted octanol–water partition coefficient (Wildman–Crippen LogP) is -0.486.